The lowest BCUT2D eigenvalue weighted by Crippen LogP contribution is -2.21. The number of aryl methyl sites for hydroxylation is 2. The predicted octanol–water partition coefficient (Wildman–Crippen LogP) is 3.20. The number of hydrogen-bond donors (Lipinski definition) is 2. The van der Waals surface area contributed by atoms with Crippen molar-refractivity contribution in [3.05, 3.63) is 53.1 Å². The van der Waals surface area contributed by atoms with Crippen LogP contribution in [0, 0.1) is 13.8 Å². The van der Waals surface area contributed by atoms with Crippen LogP contribution >= 0.6 is 0 Å². The van der Waals surface area contributed by atoms with Crippen LogP contribution in [-0.2, 0) is 9.53 Å². The van der Waals surface area contributed by atoms with Crippen LogP contribution < -0.4 is 10.1 Å². The maximum atomic E-state index is 12.1. The van der Waals surface area contributed by atoms with E-state index in [-0.39, 0.29) is 30.4 Å². The van der Waals surface area contributed by atoms with E-state index in [2.05, 4.69) is 5.32 Å². The van der Waals surface area contributed by atoms with E-state index in [4.69, 9.17) is 9.47 Å². The summed E-state index contributed by atoms with van der Waals surface area (Å²) in [5.41, 5.74) is 2.26. The standard InChI is InChI=1S/C19H21NO5/c1-4-24-19(23)15-10-14(8-9-16(15)21)20-17(22)11-25-18-12(2)6-5-7-13(18)3/h5-10,21H,4,11H2,1-3H3,(H,20,22). The van der Waals surface area contributed by atoms with E-state index in [1.807, 2.05) is 32.0 Å². The Labute approximate surface area is 146 Å². The van der Waals surface area contributed by atoms with Gasteiger partial charge in [-0.05, 0) is 50.1 Å². The molecule has 2 N–H and O–H groups in total. The third-order valence-electron chi connectivity index (χ3n) is 3.53. The highest BCUT2D eigenvalue weighted by Gasteiger charge is 2.14. The lowest BCUT2D eigenvalue weighted by Gasteiger charge is -2.12. The second kappa shape index (κ2) is 8.19. The van der Waals surface area contributed by atoms with Gasteiger partial charge in [-0.1, -0.05) is 18.2 Å². The number of phenolic OH excluding ortho intramolecular Hbond substituents is 1. The summed E-state index contributed by atoms with van der Waals surface area (Å²) < 4.78 is 10.5. The van der Waals surface area contributed by atoms with Crippen LogP contribution in [0.4, 0.5) is 5.69 Å². The Morgan fingerprint density at radius 2 is 1.80 bits per heavy atom. The highest BCUT2D eigenvalue weighted by Crippen LogP contribution is 2.24. The minimum atomic E-state index is -0.650. The zero-order valence-electron chi connectivity index (χ0n) is 14.5. The molecule has 25 heavy (non-hydrogen) atoms. The largest absolute Gasteiger partial charge is 0.507 e. The van der Waals surface area contributed by atoms with Crippen LogP contribution in [0.3, 0.4) is 0 Å². The summed E-state index contributed by atoms with van der Waals surface area (Å²) in [6, 6.07) is 9.93. The van der Waals surface area contributed by atoms with Gasteiger partial charge in [-0.25, -0.2) is 4.79 Å². The molecule has 132 valence electrons. The molecule has 6 nitrogen and oxygen atoms in total. The van der Waals surface area contributed by atoms with Crippen molar-refractivity contribution < 1.29 is 24.2 Å². The normalized spacial score (nSPS) is 10.2. The van der Waals surface area contributed by atoms with Crippen LogP contribution in [0.25, 0.3) is 0 Å². The highest BCUT2D eigenvalue weighted by molar-refractivity contribution is 5.96. The van der Waals surface area contributed by atoms with Crippen molar-refractivity contribution in [2.45, 2.75) is 20.8 Å². The Morgan fingerprint density at radius 1 is 1.12 bits per heavy atom. The number of aromatic hydroxyl groups is 1. The van der Waals surface area contributed by atoms with Gasteiger partial charge in [-0.2, -0.15) is 0 Å². The summed E-state index contributed by atoms with van der Waals surface area (Å²) in [4.78, 5) is 23.9. The van der Waals surface area contributed by atoms with Gasteiger partial charge in [0.15, 0.2) is 6.61 Å². The first-order valence-corrected chi connectivity index (χ1v) is 7.91. The average Bonchev–Trinajstić information content (AvgIpc) is 2.56. The Morgan fingerprint density at radius 3 is 2.44 bits per heavy atom. The fourth-order valence-corrected chi connectivity index (χ4v) is 2.35. The molecule has 0 bridgehead atoms. The van der Waals surface area contributed by atoms with E-state index in [0.717, 1.165) is 11.1 Å². The number of carbonyl (C=O) groups is 2. The Bertz CT molecular complexity index is 765. The zero-order valence-corrected chi connectivity index (χ0v) is 14.5. The van der Waals surface area contributed by atoms with Crippen LogP contribution in [-0.4, -0.2) is 30.2 Å². The van der Waals surface area contributed by atoms with Crippen LogP contribution in [0.2, 0.25) is 0 Å². The summed E-state index contributed by atoms with van der Waals surface area (Å²) in [5.74, 6) is -0.551. The number of anilines is 1. The molecule has 0 saturated carbocycles. The van der Waals surface area contributed by atoms with Crippen LogP contribution in [0.1, 0.15) is 28.4 Å². The van der Waals surface area contributed by atoms with Crippen molar-refractivity contribution in [1.82, 2.24) is 0 Å². The first-order chi connectivity index (χ1) is 11.9. The number of phenols is 1. The molecule has 0 spiro atoms. The fourth-order valence-electron chi connectivity index (χ4n) is 2.35. The Balaban J connectivity index is 2.03. The molecular weight excluding hydrogens is 322 g/mol. The zero-order chi connectivity index (χ0) is 18.4. The van der Waals surface area contributed by atoms with Gasteiger partial charge in [0.25, 0.3) is 5.91 Å². The van der Waals surface area contributed by atoms with Gasteiger partial charge in [-0.15, -0.1) is 0 Å². The molecule has 0 heterocycles. The van der Waals surface area contributed by atoms with Crippen molar-refractivity contribution in [1.29, 1.82) is 0 Å². The maximum absolute atomic E-state index is 12.1. The van der Waals surface area contributed by atoms with E-state index in [1.165, 1.54) is 18.2 Å². The number of rotatable bonds is 6. The molecule has 6 heteroatoms. The number of amides is 1. The van der Waals surface area contributed by atoms with Gasteiger partial charge in [-0.3, -0.25) is 4.79 Å². The van der Waals surface area contributed by atoms with Gasteiger partial charge in [0.1, 0.15) is 17.1 Å². The van der Waals surface area contributed by atoms with Crippen molar-refractivity contribution >= 4 is 17.6 Å². The van der Waals surface area contributed by atoms with E-state index in [1.54, 1.807) is 6.92 Å². The number of benzene rings is 2. The molecule has 0 radical (unpaired) electrons. The van der Waals surface area contributed by atoms with E-state index in [0.29, 0.717) is 11.4 Å². The lowest BCUT2D eigenvalue weighted by atomic mass is 10.1. The van der Waals surface area contributed by atoms with Gasteiger partial charge in [0.2, 0.25) is 0 Å². The number of ether oxygens (including phenoxy) is 2. The van der Waals surface area contributed by atoms with E-state index < -0.39 is 5.97 Å². The third kappa shape index (κ3) is 4.73. The number of esters is 1. The molecule has 0 fully saturated rings. The van der Waals surface area contributed by atoms with Crippen molar-refractivity contribution in [3.8, 4) is 11.5 Å². The lowest BCUT2D eigenvalue weighted by molar-refractivity contribution is -0.118. The summed E-state index contributed by atoms with van der Waals surface area (Å²) in [5, 5.41) is 12.4. The topological polar surface area (TPSA) is 84.9 Å². The molecule has 2 aromatic carbocycles. The molecule has 0 aliphatic heterocycles. The van der Waals surface area contributed by atoms with Gasteiger partial charge in [0, 0.05) is 5.69 Å². The van der Waals surface area contributed by atoms with Crippen LogP contribution in [0.5, 0.6) is 11.5 Å². The maximum Gasteiger partial charge on any atom is 0.341 e. The summed E-state index contributed by atoms with van der Waals surface area (Å²) in [7, 11) is 0. The predicted molar refractivity (Wildman–Crippen MR) is 94.1 cm³/mol. The number of carbonyl (C=O) groups excluding carboxylic acids is 2. The fraction of sp³-hybridized carbons (Fsp3) is 0.263. The van der Waals surface area contributed by atoms with Crippen LogP contribution in [0.15, 0.2) is 36.4 Å². The molecule has 1 amide bonds. The van der Waals surface area contributed by atoms with Gasteiger partial charge < -0.3 is 19.9 Å². The quantitative estimate of drug-likeness (QED) is 0.621. The molecule has 2 rings (SSSR count). The van der Waals surface area contributed by atoms with E-state index >= 15 is 0 Å². The number of nitrogens with one attached hydrogen (secondary N) is 1. The second-order valence-corrected chi connectivity index (χ2v) is 5.51. The van der Waals surface area contributed by atoms with Crippen molar-refractivity contribution in [3.63, 3.8) is 0 Å². The molecule has 2 aromatic rings. The summed E-state index contributed by atoms with van der Waals surface area (Å²) >= 11 is 0. The third-order valence-corrected chi connectivity index (χ3v) is 3.53. The molecule has 0 aliphatic carbocycles. The smallest absolute Gasteiger partial charge is 0.341 e. The van der Waals surface area contributed by atoms with Gasteiger partial charge in [0.05, 0.1) is 6.61 Å². The average molecular weight is 343 g/mol. The van der Waals surface area contributed by atoms with E-state index in [9.17, 15) is 14.7 Å². The molecule has 0 aromatic heterocycles. The number of hydrogen-bond acceptors (Lipinski definition) is 5. The molecule has 0 atom stereocenters. The Kier molecular flexibility index (Phi) is 6.00. The Hall–Kier alpha value is -3.02. The molecule has 0 saturated heterocycles. The van der Waals surface area contributed by atoms with Gasteiger partial charge >= 0.3 is 5.97 Å². The SMILES string of the molecule is CCOC(=O)c1cc(NC(=O)COc2c(C)cccc2C)ccc1O. The minimum Gasteiger partial charge on any atom is -0.507 e. The molecule has 0 unspecified atom stereocenters. The molecule has 0 aliphatic rings. The second-order valence-electron chi connectivity index (χ2n) is 5.51. The first-order valence-electron chi connectivity index (χ1n) is 7.91. The van der Waals surface area contributed by atoms with Crippen molar-refractivity contribution in [2.75, 3.05) is 18.5 Å². The minimum absolute atomic E-state index is 0.00434. The monoisotopic (exact) mass is 343 g/mol. The number of para-hydroxylation sites is 1. The summed E-state index contributed by atoms with van der Waals surface area (Å²) in [6.07, 6.45) is 0. The molecular formula is C19H21NO5. The first kappa shape index (κ1) is 18.3. The summed E-state index contributed by atoms with van der Waals surface area (Å²) in [6.45, 7) is 5.52. The van der Waals surface area contributed by atoms with Crippen molar-refractivity contribution in [2.24, 2.45) is 0 Å². The highest BCUT2D eigenvalue weighted by atomic mass is 16.5.